The number of carboxylic acids is 1. The molecule has 1 atom stereocenters. The van der Waals surface area contributed by atoms with Crippen LogP contribution in [-0.2, 0) is 4.79 Å². The summed E-state index contributed by atoms with van der Waals surface area (Å²) in [6.07, 6.45) is 52.8. The zero-order chi connectivity index (χ0) is 33.6. The van der Waals surface area contributed by atoms with Crippen LogP contribution in [0.15, 0.2) is 0 Å². The third-order valence-electron chi connectivity index (χ3n) is 11.0. The lowest BCUT2D eigenvalue weighted by atomic mass is 9.84. The van der Waals surface area contributed by atoms with Crippen LogP contribution in [0.5, 0.6) is 0 Å². The van der Waals surface area contributed by atoms with E-state index in [1.54, 1.807) is 0 Å². The Hall–Kier alpha value is -0.530. The number of hydrogen-bond acceptors (Lipinski definition) is 1. The molecule has 0 aliphatic heterocycles. The Morgan fingerprint density at radius 2 is 0.522 bits per heavy atom. The summed E-state index contributed by atoms with van der Waals surface area (Å²) in [5.41, 5.74) is 0. The zero-order valence-electron chi connectivity index (χ0n) is 32.4. The fourth-order valence-corrected chi connectivity index (χ4v) is 7.46. The molecule has 0 bridgehead atoms. The van der Waals surface area contributed by atoms with E-state index in [2.05, 4.69) is 13.8 Å². The second-order valence-corrected chi connectivity index (χ2v) is 15.5. The fourth-order valence-electron chi connectivity index (χ4n) is 7.46. The number of hydrogen-bond donors (Lipinski definition) is 1. The van der Waals surface area contributed by atoms with Crippen molar-refractivity contribution in [1.82, 2.24) is 0 Å². The largest absolute Gasteiger partial charge is 0.481 e. The lowest BCUT2D eigenvalue weighted by Gasteiger charge is -2.21. The van der Waals surface area contributed by atoms with Gasteiger partial charge in [-0.25, -0.2) is 0 Å². The van der Waals surface area contributed by atoms with Gasteiger partial charge < -0.3 is 5.11 Å². The van der Waals surface area contributed by atoms with Crippen molar-refractivity contribution in [3.63, 3.8) is 0 Å². The minimum Gasteiger partial charge on any atom is -0.481 e. The van der Waals surface area contributed by atoms with E-state index in [0.717, 1.165) is 12.8 Å². The van der Waals surface area contributed by atoms with Crippen LogP contribution in [0.2, 0.25) is 0 Å². The average Bonchev–Trinajstić information content (AvgIpc) is 3.05. The van der Waals surface area contributed by atoms with Gasteiger partial charge in [-0.3, -0.25) is 4.79 Å². The van der Waals surface area contributed by atoms with Crippen LogP contribution in [0.1, 0.15) is 265 Å². The van der Waals surface area contributed by atoms with Crippen LogP contribution >= 0.6 is 0 Å². The molecule has 0 fully saturated rings. The van der Waals surface area contributed by atoms with Gasteiger partial charge in [-0.05, 0) is 18.8 Å². The molecule has 0 aromatic carbocycles. The third-order valence-corrected chi connectivity index (χ3v) is 11.0. The first-order valence-corrected chi connectivity index (χ1v) is 21.9. The molecule has 0 aromatic heterocycles. The number of unbranched alkanes of at least 4 members (excludes halogenated alkanes) is 34. The number of aliphatic carboxylic acids is 1. The Morgan fingerprint density at radius 3 is 0.696 bits per heavy atom. The van der Waals surface area contributed by atoms with Gasteiger partial charge in [0, 0.05) is 0 Å². The van der Waals surface area contributed by atoms with Crippen molar-refractivity contribution >= 4 is 5.97 Å². The molecule has 0 saturated heterocycles. The quantitative estimate of drug-likeness (QED) is 0.0671. The molecule has 0 spiro atoms. The van der Waals surface area contributed by atoms with E-state index in [4.69, 9.17) is 0 Å². The summed E-state index contributed by atoms with van der Waals surface area (Å²) in [6, 6.07) is 0. The number of carbonyl (C=O) groups is 1. The molecule has 0 saturated carbocycles. The second-order valence-electron chi connectivity index (χ2n) is 15.5. The van der Waals surface area contributed by atoms with Crippen LogP contribution in [0.25, 0.3) is 0 Å². The van der Waals surface area contributed by atoms with E-state index < -0.39 is 5.97 Å². The molecule has 0 amide bonds. The SMILES string of the molecule is CCCCCCCCCCCCCCCCCCCCC(CCCCCCCCCCCCCCCCCCCC)C(C)C(=O)O. The van der Waals surface area contributed by atoms with E-state index >= 15 is 0 Å². The molecular formula is C44H88O2. The molecule has 0 aliphatic rings. The molecule has 0 rings (SSSR count). The zero-order valence-corrected chi connectivity index (χ0v) is 32.4. The Balaban J connectivity index is 3.55. The van der Waals surface area contributed by atoms with Gasteiger partial charge in [-0.1, -0.05) is 252 Å². The van der Waals surface area contributed by atoms with Gasteiger partial charge in [0.1, 0.15) is 0 Å². The van der Waals surface area contributed by atoms with Crippen LogP contribution in [-0.4, -0.2) is 11.1 Å². The van der Waals surface area contributed by atoms with E-state index in [9.17, 15) is 9.90 Å². The standard InChI is InChI=1S/C44H88O2/c1-4-6-8-10-12-14-16-18-20-22-24-26-28-30-32-34-36-38-40-43(42(3)44(45)46)41-39-37-35-33-31-29-27-25-23-21-19-17-15-13-11-9-7-5-2/h42-43H,4-41H2,1-3H3,(H,45,46). The van der Waals surface area contributed by atoms with Crippen LogP contribution < -0.4 is 0 Å². The van der Waals surface area contributed by atoms with Crippen LogP contribution in [0, 0.1) is 11.8 Å². The molecular weight excluding hydrogens is 560 g/mol. The lowest BCUT2D eigenvalue weighted by Crippen LogP contribution is -2.20. The van der Waals surface area contributed by atoms with Crippen molar-refractivity contribution in [1.29, 1.82) is 0 Å². The van der Waals surface area contributed by atoms with Gasteiger partial charge in [0.2, 0.25) is 0 Å². The Bertz CT molecular complexity index is 532. The van der Waals surface area contributed by atoms with Gasteiger partial charge in [0.15, 0.2) is 0 Å². The second kappa shape index (κ2) is 38.9. The number of rotatable bonds is 40. The smallest absolute Gasteiger partial charge is 0.306 e. The Morgan fingerprint density at radius 1 is 0.348 bits per heavy atom. The minimum atomic E-state index is -0.588. The first kappa shape index (κ1) is 45.5. The van der Waals surface area contributed by atoms with Crippen molar-refractivity contribution < 1.29 is 9.90 Å². The summed E-state index contributed by atoms with van der Waals surface area (Å²) in [7, 11) is 0. The molecule has 2 heteroatoms. The molecule has 0 radical (unpaired) electrons. The third kappa shape index (κ3) is 34.8. The molecule has 276 valence electrons. The Kier molecular flexibility index (Phi) is 38.5. The lowest BCUT2D eigenvalue weighted by molar-refractivity contribution is -0.143. The highest BCUT2D eigenvalue weighted by molar-refractivity contribution is 5.69. The minimum absolute atomic E-state index is 0.184. The van der Waals surface area contributed by atoms with Crippen LogP contribution in [0.4, 0.5) is 0 Å². The topological polar surface area (TPSA) is 37.3 Å². The molecule has 46 heavy (non-hydrogen) atoms. The van der Waals surface area contributed by atoms with Crippen molar-refractivity contribution in [2.45, 2.75) is 265 Å². The van der Waals surface area contributed by atoms with Crippen molar-refractivity contribution in [3.05, 3.63) is 0 Å². The summed E-state index contributed by atoms with van der Waals surface area (Å²) in [5.74, 6) is -0.397. The summed E-state index contributed by atoms with van der Waals surface area (Å²) in [6.45, 7) is 6.55. The molecule has 0 aromatic rings. The monoisotopic (exact) mass is 649 g/mol. The van der Waals surface area contributed by atoms with Gasteiger partial charge in [0.05, 0.1) is 5.92 Å². The summed E-state index contributed by atoms with van der Waals surface area (Å²) < 4.78 is 0. The Labute approximate surface area is 291 Å². The maximum absolute atomic E-state index is 11.7. The first-order chi connectivity index (χ1) is 22.6. The first-order valence-electron chi connectivity index (χ1n) is 21.9. The van der Waals surface area contributed by atoms with Gasteiger partial charge >= 0.3 is 5.97 Å². The highest BCUT2D eigenvalue weighted by Gasteiger charge is 2.22. The highest BCUT2D eigenvalue weighted by Crippen LogP contribution is 2.26. The summed E-state index contributed by atoms with van der Waals surface area (Å²) in [4.78, 5) is 11.7. The van der Waals surface area contributed by atoms with E-state index in [1.165, 1.54) is 231 Å². The highest BCUT2D eigenvalue weighted by atomic mass is 16.4. The molecule has 0 heterocycles. The van der Waals surface area contributed by atoms with E-state index in [0.29, 0.717) is 5.92 Å². The molecule has 1 N–H and O–H groups in total. The predicted octanol–water partition coefficient (Wildman–Crippen LogP) is 16.2. The van der Waals surface area contributed by atoms with Gasteiger partial charge in [-0.15, -0.1) is 0 Å². The fraction of sp³-hybridized carbons (Fsp3) is 0.977. The predicted molar refractivity (Wildman–Crippen MR) is 207 cm³/mol. The average molecular weight is 649 g/mol. The van der Waals surface area contributed by atoms with Gasteiger partial charge in [0.25, 0.3) is 0 Å². The van der Waals surface area contributed by atoms with E-state index in [-0.39, 0.29) is 5.92 Å². The normalized spacial score (nSPS) is 12.3. The maximum Gasteiger partial charge on any atom is 0.306 e. The molecule has 1 unspecified atom stereocenters. The van der Waals surface area contributed by atoms with Gasteiger partial charge in [-0.2, -0.15) is 0 Å². The van der Waals surface area contributed by atoms with Crippen molar-refractivity contribution in [2.24, 2.45) is 11.8 Å². The van der Waals surface area contributed by atoms with Crippen LogP contribution in [0.3, 0.4) is 0 Å². The van der Waals surface area contributed by atoms with Crippen molar-refractivity contribution in [3.8, 4) is 0 Å². The summed E-state index contributed by atoms with van der Waals surface area (Å²) >= 11 is 0. The van der Waals surface area contributed by atoms with E-state index in [1.807, 2.05) is 6.92 Å². The molecule has 2 nitrogen and oxygen atoms in total. The number of carboxylic acid groups (broad SMARTS) is 1. The maximum atomic E-state index is 11.7. The van der Waals surface area contributed by atoms with Crippen molar-refractivity contribution in [2.75, 3.05) is 0 Å². The molecule has 0 aliphatic carbocycles. The summed E-state index contributed by atoms with van der Waals surface area (Å²) in [5, 5.41) is 9.66.